The molecule has 2 rings (SSSR count). The van der Waals surface area contributed by atoms with E-state index in [0.717, 1.165) is 17.9 Å². The van der Waals surface area contributed by atoms with Crippen LogP contribution in [0.5, 0.6) is 0 Å². The van der Waals surface area contributed by atoms with Crippen LogP contribution in [0.1, 0.15) is 12.6 Å². The Morgan fingerprint density at radius 2 is 2.00 bits per heavy atom. The molecule has 0 fully saturated rings. The Hall–Kier alpha value is -2.34. The molecule has 22 heavy (non-hydrogen) atoms. The zero-order valence-electron chi connectivity index (χ0n) is 13.1. The van der Waals surface area contributed by atoms with Gasteiger partial charge in [-0.05, 0) is 55.5 Å². The Morgan fingerprint density at radius 3 is 2.64 bits per heavy atom. The van der Waals surface area contributed by atoms with E-state index in [0.29, 0.717) is 5.11 Å². The Bertz CT molecular complexity index is 643. The van der Waals surface area contributed by atoms with Crippen molar-refractivity contribution in [2.45, 2.75) is 6.92 Å². The van der Waals surface area contributed by atoms with Crippen LogP contribution in [0.4, 0.5) is 5.69 Å². The standard InChI is InChI=1S/C16H21N5S/c1-4-17-16(22)19-18-12-15-6-5-11-21(15)14-9-7-13(8-10-14)20(2)3/h5-12H,4H2,1-3H3,(H2,17,19,22). The topological polar surface area (TPSA) is 44.6 Å². The summed E-state index contributed by atoms with van der Waals surface area (Å²) in [5.41, 5.74) is 6.03. The first-order valence-electron chi connectivity index (χ1n) is 7.14. The molecule has 6 heteroatoms. The van der Waals surface area contributed by atoms with E-state index in [1.807, 2.05) is 39.3 Å². The molecule has 0 amide bonds. The summed E-state index contributed by atoms with van der Waals surface area (Å²) in [6.45, 7) is 2.76. The minimum Gasteiger partial charge on any atom is -0.378 e. The molecule has 0 radical (unpaired) electrons. The first-order chi connectivity index (χ1) is 10.6. The summed E-state index contributed by atoms with van der Waals surface area (Å²) in [6, 6.07) is 12.3. The number of rotatable bonds is 5. The zero-order chi connectivity index (χ0) is 15.9. The molecular formula is C16H21N5S. The van der Waals surface area contributed by atoms with Gasteiger partial charge in [0, 0.05) is 38.2 Å². The van der Waals surface area contributed by atoms with Gasteiger partial charge in [-0.25, -0.2) is 0 Å². The number of nitrogens with one attached hydrogen (secondary N) is 2. The highest BCUT2D eigenvalue weighted by Crippen LogP contribution is 2.17. The molecular weight excluding hydrogens is 294 g/mol. The lowest BCUT2D eigenvalue weighted by atomic mass is 10.2. The van der Waals surface area contributed by atoms with Crippen LogP contribution in [0.15, 0.2) is 47.7 Å². The number of nitrogens with zero attached hydrogens (tertiary/aromatic N) is 3. The second-order valence-electron chi connectivity index (χ2n) is 4.94. The van der Waals surface area contributed by atoms with Gasteiger partial charge in [0.25, 0.3) is 0 Å². The lowest BCUT2D eigenvalue weighted by Gasteiger charge is -2.13. The van der Waals surface area contributed by atoms with E-state index < -0.39 is 0 Å². The van der Waals surface area contributed by atoms with Gasteiger partial charge in [0.2, 0.25) is 0 Å². The van der Waals surface area contributed by atoms with Gasteiger partial charge in [-0.15, -0.1) is 0 Å². The second kappa shape index (κ2) is 7.61. The minimum atomic E-state index is 0.521. The molecule has 5 nitrogen and oxygen atoms in total. The van der Waals surface area contributed by atoms with Crippen molar-refractivity contribution in [2.75, 3.05) is 25.5 Å². The van der Waals surface area contributed by atoms with Crippen LogP contribution < -0.4 is 15.6 Å². The van der Waals surface area contributed by atoms with Gasteiger partial charge in [0.05, 0.1) is 11.9 Å². The first kappa shape index (κ1) is 16.0. The van der Waals surface area contributed by atoms with Crippen molar-refractivity contribution in [1.29, 1.82) is 0 Å². The number of aromatic nitrogens is 1. The van der Waals surface area contributed by atoms with Crippen LogP contribution in [-0.2, 0) is 0 Å². The highest BCUT2D eigenvalue weighted by atomic mass is 32.1. The molecule has 0 bridgehead atoms. The lowest BCUT2D eigenvalue weighted by Crippen LogP contribution is -2.31. The smallest absolute Gasteiger partial charge is 0.186 e. The Labute approximate surface area is 136 Å². The van der Waals surface area contributed by atoms with Crippen molar-refractivity contribution in [3.63, 3.8) is 0 Å². The summed E-state index contributed by atoms with van der Waals surface area (Å²) < 4.78 is 2.07. The SMILES string of the molecule is CCNC(=S)NN=Cc1cccn1-c1ccc(N(C)C)cc1. The van der Waals surface area contributed by atoms with E-state index in [9.17, 15) is 0 Å². The van der Waals surface area contributed by atoms with Crippen molar-refractivity contribution in [3.05, 3.63) is 48.3 Å². The second-order valence-corrected chi connectivity index (χ2v) is 5.35. The van der Waals surface area contributed by atoms with Gasteiger partial charge in [-0.1, -0.05) is 0 Å². The average Bonchev–Trinajstić information content (AvgIpc) is 2.96. The van der Waals surface area contributed by atoms with Crippen LogP contribution in [-0.4, -0.2) is 36.5 Å². The molecule has 0 aliphatic carbocycles. The maximum atomic E-state index is 5.07. The van der Waals surface area contributed by atoms with Crippen LogP contribution >= 0.6 is 12.2 Å². The highest BCUT2D eigenvalue weighted by Gasteiger charge is 2.02. The van der Waals surface area contributed by atoms with Gasteiger partial charge in [0.15, 0.2) is 5.11 Å². The summed E-state index contributed by atoms with van der Waals surface area (Å²) in [7, 11) is 4.06. The minimum absolute atomic E-state index is 0.521. The van der Waals surface area contributed by atoms with Crippen molar-refractivity contribution < 1.29 is 0 Å². The van der Waals surface area contributed by atoms with Gasteiger partial charge in [0.1, 0.15) is 0 Å². The molecule has 116 valence electrons. The third-order valence-corrected chi connectivity index (χ3v) is 3.36. The van der Waals surface area contributed by atoms with Crippen molar-refractivity contribution in [3.8, 4) is 5.69 Å². The van der Waals surface area contributed by atoms with Crippen LogP contribution in [0.3, 0.4) is 0 Å². The lowest BCUT2D eigenvalue weighted by molar-refractivity contribution is 0.902. The monoisotopic (exact) mass is 315 g/mol. The van der Waals surface area contributed by atoms with E-state index in [1.165, 1.54) is 5.69 Å². The average molecular weight is 315 g/mol. The summed E-state index contributed by atoms with van der Waals surface area (Å²) in [5, 5.41) is 7.66. The summed E-state index contributed by atoms with van der Waals surface area (Å²) in [6.07, 6.45) is 3.76. The molecule has 0 aliphatic rings. The van der Waals surface area contributed by atoms with E-state index in [-0.39, 0.29) is 0 Å². The predicted molar refractivity (Wildman–Crippen MR) is 97.1 cm³/mol. The number of thiocarbonyl (C=S) groups is 1. The molecule has 1 heterocycles. The van der Waals surface area contributed by atoms with Crippen LogP contribution in [0.2, 0.25) is 0 Å². The number of hydrazone groups is 1. The van der Waals surface area contributed by atoms with E-state index in [4.69, 9.17) is 12.2 Å². The molecule has 1 aromatic heterocycles. The number of hydrogen-bond acceptors (Lipinski definition) is 3. The summed E-state index contributed by atoms with van der Waals surface area (Å²) in [4.78, 5) is 2.08. The highest BCUT2D eigenvalue weighted by molar-refractivity contribution is 7.80. The van der Waals surface area contributed by atoms with Crippen LogP contribution in [0, 0.1) is 0 Å². The molecule has 0 aliphatic heterocycles. The van der Waals surface area contributed by atoms with Crippen molar-refractivity contribution in [2.24, 2.45) is 5.10 Å². The molecule has 0 unspecified atom stereocenters. The van der Waals surface area contributed by atoms with Gasteiger partial charge in [-0.3, -0.25) is 5.43 Å². The van der Waals surface area contributed by atoms with Crippen LogP contribution in [0.25, 0.3) is 5.69 Å². The predicted octanol–water partition coefficient (Wildman–Crippen LogP) is 2.36. The molecule has 1 aromatic carbocycles. The van der Waals surface area contributed by atoms with Crippen molar-refractivity contribution >= 4 is 29.2 Å². The van der Waals surface area contributed by atoms with Gasteiger partial charge < -0.3 is 14.8 Å². The summed E-state index contributed by atoms with van der Waals surface area (Å²) >= 11 is 5.07. The number of hydrogen-bond donors (Lipinski definition) is 2. The molecule has 2 N–H and O–H groups in total. The Balaban J connectivity index is 2.12. The normalized spacial score (nSPS) is 10.7. The number of anilines is 1. The van der Waals surface area contributed by atoms with Crippen molar-refractivity contribution in [1.82, 2.24) is 15.3 Å². The third-order valence-electron chi connectivity index (χ3n) is 3.12. The fourth-order valence-electron chi connectivity index (χ4n) is 2.00. The molecule has 0 saturated carbocycles. The third kappa shape index (κ3) is 4.08. The number of benzene rings is 1. The fourth-order valence-corrected chi connectivity index (χ4v) is 2.20. The van der Waals surface area contributed by atoms with E-state index >= 15 is 0 Å². The summed E-state index contributed by atoms with van der Waals surface area (Å²) in [5.74, 6) is 0. The quantitative estimate of drug-likeness (QED) is 0.505. The Morgan fingerprint density at radius 1 is 1.27 bits per heavy atom. The first-order valence-corrected chi connectivity index (χ1v) is 7.54. The molecule has 2 aromatic rings. The molecule has 0 spiro atoms. The maximum Gasteiger partial charge on any atom is 0.186 e. The van der Waals surface area contributed by atoms with E-state index in [1.54, 1.807) is 6.21 Å². The Kier molecular flexibility index (Phi) is 5.55. The van der Waals surface area contributed by atoms with E-state index in [2.05, 4.69) is 49.6 Å². The van der Waals surface area contributed by atoms with Gasteiger partial charge >= 0.3 is 0 Å². The van der Waals surface area contributed by atoms with Gasteiger partial charge in [-0.2, -0.15) is 5.10 Å². The molecule has 0 atom stereocenters. The fraction of sp³-hybridized carbons (Fsp3) is 0.250. The maximum absolute atomic E-state index is 5.07. The molecule has 0 saturated heterocycles. The zero-order valence-corrected chi connectivity index (χ0v) is 13.9. The largest absolute Gasteiger partial charge is 0.378 e.